The molecule has 0 amide bonds. The van der Waals surface area contributed by atoms with Crippen LogP contribution in [0.4, 0.5) is 0 Å². The van der Waals surface area contributed by atoms with Gasteiger partial charge in [-0.25, -0.2) is 4.79 Å². The van der Waals surface area contributed by atoms with E-state index in [1.54, 1.807) is 24.5 Å². The quantitative estimate of drug-likeness (QED) is 0.225. The number of rotatable bonds is 7. The molecule has 1 aromatic heterocycles. The highest BCUT2D eigenvalue weighted by molar-refractivity contribution is 7.22. The molecule has 4 aromatic rings. The number of hydrogen-bond acceptors (Lipinski definition) is 5. The molecule has 0 spiro atoms. The molecule has 0 radical (unpaired) electrons. The minimum atomic E-state index is -0.385. The van der Waals surface area contributed by atoms with Crippen molar-refractivity contribution in [2.45, 2.75) is 13.3 Å². The number of hydrogen-bond donors (Lipinski definition) is 0. The highest BCUT2D eigenvalue weighted by atomic mass is 32.1. The van der Waals surface area contributed by atoms with E-state index in [0.29, 0.717) is 0 Å². The van der Waals surface area contributed by atoms with Crippen LogP contribution in [0, 0.1) is 0 Å². The van der Waals surface area contributed by atoms with Gasteiger partial charge in [0, 0.05) is 16.2 Å². The van der Waals surface area contributed by atoms with E-state index in [-0.39, 0.29) is 5.97 Å². The first kappa shape index (κ1) is 21.7. The van der Waals surface area contributed by atoms with Crippen LogP contribution in [-0.4, -0.2) is 20.2 Å². The number of carbonyl (C=O) groups excluding carboxylic acids is 1. The minimum Gasteiger partial charge on any atom is -0.497 e. The van der Waals surface area contributed by atoms with Crippen molar-refractivity contribution in [3.63, 3.8) is 0 Å². The van der Waals surface area contributed by atoms with Gasteiger partial charge >= 0.3 is 5.97 Å². The van der Waals surface area contributed by atoms with Crippen LogP contribution < -0.4 is 9.47 Å². The first-order valence-corrected chi connectivity index (χ1v) is 11.2. The van der Waals surface area contributed by atoms with Gasteiger partial charge in [-0.3, -0.25) is 0 Å². The molecule has 0 aliphatic carbocycles. The molecule has 32 heavy (non-hydrogen) atoms. The second-order valence-corrected chi connectivity index (χ2v) is 8.21. The smallest absolute Gasteiger partial charge is 0.330 e. The lowest BCUT2D eigenvalue weighted by atomic mass is 10.0. The monoisotopic (exact) mass is 444 g/mol. The van der Waals surface area contributed by atoms with Gasteiger partial charge in [0.05, 0.1) is 19.1 Å². The van der Waals surface area contributed by atoms with Crippen LogP contribution in [0.15, 0.2) is 72.8 Å². The fraction of sp³-hybridized carbons (Fsp3) is 0.148. The lowest BCUT2D eigenvalue weighted by Crippen LogP contribution is -1.93. The number of esters is 1. The van der Waals surface area contributed by atoms with E-state index in [2.05, 4.69) is 35.9 Å². The highest BCUT2D eigenvalue weighted by Crippen LogP contribution is 2.48. The Labute approximate surface area is 191 Å². The van der Waals surface area contributed by atoms with E-state index < -0.39 is 0 Å². The maximum Gasteiger partial charge on any atom is 0.330 e. The van der Waals surface area contributed by atoms with Crippen LogP contribution in [0.3, 0.4) is 0 Å². The number of methoxy groups -OCH3 is 2. The van der Waals surface area contributed by atoms with Crippen LogP contribution in [0.25, 0.3) is 26.6 Å². The van der Waals surface area contributed by atoms with E-state index in [1.807, 2.05) is 42.5 Å². The van der Waals surface area contributed by atoms with E-state index >= 15 is 0 Å². The van der Waals surface area contributed by atoms with Crippen molar-refractivity contribution in [3.05, 3.63) is 83.9 Å². The Bertz CT molecular complexity index is 1270. The summed E-state index contributed by atoms with van der Waals surface area (Å²) in [5.41, 5.74) is 3.35. The number of thiophene rings is 1. The second-order valence-electron chi connectivity index (χ2n) is 7.16. The molecule has 0 fully saturated rings. The molecule has 4 rings (SSSR count). The SMILES string of the molecule is CCc1ccccc1-c1sc2cc(OC)ccc2c1Oc1ccc(/C=C/C(=O)OC)cc1. The molecular weight excluding hydrogens is 420 g/mol. The molecule has 0 saturated heterocycles. The summed E-state index contributed by atoms with van der Waals surface area (Å²) in [6.45, 7) is 2.16. The maximum absolute atomic E-state index is 11.3. The third-order valence-electron chi connectivity index (χ3n) is 5.21. The summed E-state index contributed by atoms with van der Waals surface area (Å²) in [7, 11) is 3.04. The predicted molar refractivity (Wildman–Crippen MR) is 131 cm³/mol. The molecule has 162 valence electrons. The Morgan fingerprint density at radius 3 is 2.44 bits per heavy atom. The Morgan fingerprint density at radius 1 is 0.969 bits per heavy atom. The zero-order chi connectivity index (χ0) is 22.5. The topological polar surface area (TPSA) is 44.8 Å². The molecular formula is C27H24O4S. The molecule has 0 N–H and O–H groups in total. The van der Waals surface area contributed by atoms with Crippen molar-refractivity contribution >= 4 is 33.5 Å². The van der Waals surface area contributed by atoms with Gasteiger partial charge < -0.3 is 14.2 Å². The van der Waals surface area contributed by atoms with Crippen molar-refractivity contribution in [1.29, 1.82) is 0 Å². The molecule has 0 bridgehead atoms. The zero-order valence-corrected chi connectivity index (χ0v) is 19.1. The van der Waals surface area contributed by atoms with Gasteiger partial charge in [0.2, 0.25) is 0 Å². The van der Waals surface area contributed by atoms with E-state index in [9.17, 15) is 4.79 Å². The normalized spacial score (nSPS) is 11.1. The Morgan fingerprint density at radius 2 is 1.72 bits per heavy atom. The average Bonchev–Trinajstić information content (AvgIpc) is 3.20. The van der Waals surface area contributed by atoms with Gasteiger partial charge in [0.1, 0.15) is 11.5 Å². The van der Waals surface area contributed by atoms with E-state index in [4.69, 9.17) is 9.47 Å². The summed E-state index contributed by atoms with van der Waals surface area (Å²) in [4.78, 5) is 12.4. The summed E-state index contributed by atoms with van der Waals surface area (Å²) in [6, 6.07) is 22.1. The second kappa shape index (κ2) is 9.71. The standard InChI is InChI=1S/C27H24O4S/c1-4-19-7-5-6-8-22(19)27-26(23-15-14-21(29-2)17-24(23)32-27)31-20-12-9-18(10-13-20)11-16-25(28)30-3/h5-17H,4H2,1-3H3/b16-11+. The fourth-order valence-corrected chi connectivity index (χ4v) is 4.73. The summed E-state index contributed by atoms with van der Waals surface area (Å²) in [5.74, 6) is 2.00. The van der Waals surface area contributed by atoms with Gasteiger partial charge in [-0.1, -0.05) is 43.3 Å². The molecule has 0 atom stereocenters. The van der Waals surface area contributed by atoms with Crippen LogP contribution in [0.1, 0.15) is 18.1 Å². The molecule has 5 heteroatoms. The molecule has 0 aliphatic rings. The predicted octanol–water partition coefficient (Wildman–Crippen LogP) is 7.12. The lowest BCUT2D eigenvalue weighted by Gasteiger charge is -2.11. The highest BCUT2D eigenvalue weighted by Gasteiger charge is 2.18. The van der Waals surface area contributed by atoms with Crippen molar-refractivity contribution in [1.82, 2.24) is 0 Å². The van der Waals surface area contributed by atoms with Crippen LogP contribution in [0.5, 0.6) is 17.2 Å². The van der Waals surface area contributed by atoms with Gasteiger partial charge in [0.15, 0.2) is 5.75 Å². The molecule has 3 aromatic carbocycles. The number of ether oxygens (including phenoxy) is 3. The Hall–Kier alpha value is -3.57. The van der Waals surface area contributed by atoms with Crippen LogP contribution in [-0.2, 0) is 16.0 Å². The largest absolute Gasteiger partial charge is 0.497 e. The first-order valence-electron chi connectivity index (χ1n) is 10.4. The average molecular weight is 445 g/mol. The molecule has 4 nitrogen and oxygen atoms in total. The summed E-state index contributed by atoms with van der Waals surface area (Å²) >= 11 is 1.70. The van der Waals surface area contributed by atoms with E-state index in [0.717, 1.165) is 44.2 Å². The van der Waals surface area contributed by atoms with Crippen molar-refractivity contribution in [2.24, 2.45) is 0 Å². The summed E-state index contributed by atoms with van der Waals surface area (Å²) < 4.78 is 17.6. The van der Waals surface area contributed by atoms with Crippen LogP contribution in [0.2, 0.25) is 0 Å². The van der Waals surface area contributed by atoms with Gasteiger partial charge in [-0.15, -0.1) is 11.3 Å². The molecule has 0 aliphatic heterocycles. The molecule has 0 unspecified atom stereocenters. The number of fused-ring (bicyclic) bond motifs is 1. The van der Waals surface area contributed by atoms with Crippen molar-refractivity contribution in [3.8, 4) is 27.7 Å². The Kier molecular flexibility index (Phi) is 6.57. The van der Waals surface area contributed by atoms with Gasteiger partial charge in [-0.05, 0) is 59.5 Å². The molecule has 1 heterocycles. The van der Waals surface area contributed by atoms with Crippen molar-refractivity contribution < 1.29 is 19.0 Å². The number of benzene rings is 3. The number of carbonyl (C=O) groups is 1. The van der Waals surface area contributed by atoms with Crippen molar-refractivity contribution in [2.75, 3.05) is 14.2 Å². The van der Waals surface area contributed by atoms with E-state index in [1.165, 1.54) is 24.3 Å². The number of aryl methyl sites for hydroxylation is 1. The third kappa shape index (κ3) is 4.53. The first-order chi connectivity index (χ1) is 15.6. The third-order valence-corrected chi connectivity index (χ3v) is 6.37. The molecule has 0 saturated carbocycles. The fourth-order valence-electron chi connectivity index (χ4n) is 3.51. The lowest BCUT2D eigenvalue weighted by molar-refractivity contribution is -0.134. The van der Waals surface area contributed by atoms with Gasteiger partial charge in [-0.2, -0.15) is 0 Å². The Balaban J connectivity index is 1.75. The maximum atomic E-state index is 11.3. The van der Waals surface area contributed by atoms with Crippen LogP contribution >= 0.6 is 11.3 Å². The minimum absolute atomic E-state index is 0.385. The van der Waals surface area contributed by atoms with Gasteiger partial charge in [0.25, 0.3) is 0 Å². The zero-order valence-electron chi connectivity index (χ0n) is 18.3. The summed E-state index contributed by atoms with van der Waals surface area (Å²) in [6.07, 6.45) is 4.05. The summed E-state index contributed by atoms with van der Waals surface area (Å²) in [5, 5.41) is 1.05.